The van der Waals surface area contributed by atoms with Crippen LogP contribution in [0.4, 0.5) is 10.5 Å². The van der Waals surface area contributed by atoms with E-state index >= 15 is 0 Å². The van der Waals surface area contributed by atoms with Crippen LogP contribution >= 0.6 is 0 Å². The number of amides is 2. The highest BCUT2D eigenvalue weighted by Crippen LogP contribution is 2.13. The molecule has 0 radical (unpaired) electrons. The van der Waals surface area contributed by atoms with Crippen LogP contribution < -0.4 is 10.6 Å². The molecule has 0 saturated carbocycles. The van der Waals surface area contributed by atoms with E-state index in [-0.39, 0.29) is 11.8 Å². The maximum atomic E-state index is 12.0. The predicted molar refractivity (Wildman–Crippen MR) is 110 cm³/mol. The Labute approximate surface area is 164 Å². The molecule has 6 heteroatoms. The smallest absolute Gasteiger partial charge is 0.319 e. The van der Waals surface area contributed by atoms with E-state index in [4.69, 9.17) is 0 Å². The monoisotopic (exact) mass is 376 g/mol. The van der Waals surface area contributed by atoms with Gasteiger partial charge in [0, 0.05) is 24.0 Å². The lowest BCUT2D eigenvalue weighted by molar-refractivity contribution is 0.101. The lowest BCUT2D eigenvalue weighted by Gasteiger charge is -2.08. The van der Waals surface area contributed by atoms with E-state index in [1.165, 1.54) is 12.5 Å². The van der Waals surface area contributed by atoms with Crippen molar-refractivity contribution in [3.8, 4) is 5.69 Å². The van der Waals surface area contributed by atoms with Gasteiger partial charge in [-0.1, -0.05) is 30.3 Å². The Morgan fingerprint density at radius 2 is 1.86 bits per heavy atom. The van der Waals surface area contributed by atoms with Gasteiger partial charge >= 0.3 is 6.03 Å². The van der Waals surface area contributed by atoms with Crippen molar-refractivity contribution in [2.75, 3.05) is 11.9 Å². The largest absolute Gasteiger partial charge is 0.338 e. The number of hydrogen-bond acceptors (Lipinski definition) is 3. The van der Waals surface area contributed by atoms with E-state index in [1.807, 2.05) is 48.1 Å². The van der Waals surface area contributed by atoms with E-state index < -0.39 is 0 Å². The molecule has 0 saturated heterocycles. The summed E-state index contributed by atoms with van der Waals surface area (Å²) in [5.74, 6) is -0.0320. The standard InChI is InChI=1S/C22H24N4O2/c1-16-19(15-26(25-16)21-11-4-3-5-12-21)9-7-13-23-22(28)24-20-10-6-8-18(14-20)17(2)27/h3-6,8,10-12,14-15H,7,9,13H2,1-2H3,(H2,23,24,28). The van der Waals surface area contributed by atoms with Gasteiger partial charge < -0.3 is 10.6 Å². The molecule has 2 aromatic carbocycles. The Kier molecular flexibility index (Phi) is 6.22. The summed E-state index contributed by atoms with van der Waals surface area (Å²) in [5, 5.41) is 10.2. The number of para-hydroxylation sites is 1. The third-order valence-electron chi connectivity index (χ3n) is 4.46. The second kappa shape index (κ2) is 8.99. The number of ketones is 1. The highest BCUT2D eigenvalue weighted by atomic mass is 16.2. The molecule has 3 aromatic rings. The summed E-state index contributed by atoms with van der Waals surface area (Å²) in [6.07, 6.45) is 3.68. The van der Waals surface area contributed by atoms with Gasteiger partial charge in [-0.3, -0.25) is 4.79 Å². The molecular formula is C22H24N4O2. The van der Waals surface area contributed by atoms with E-state index in [0.29, 0.717) is 17.8 Å². The molecule has 2 amide bonds. The van der Waals surface area contributed by atoms with Crippen molar-refractivity contribution in [3.05, 3.63) is 77.6 Å². The third-order valence-corrected chi connectivity index (χ3v) is 4.46. The quantitative estimate of drug-likeness (QED) is 0.481. The first-order valence-electron chi connectivity index (χ1n) is 9.29. The number of urea groups is 1. The Morgan fingerprint density at radius 1 is 1.07 bits per heavy atom. The summed E-state index contributed by atoms with van der Waals surface area (Å²) in [7, 11) is 0. The summed E-state index contributed by atoms with van der Waals surface area (Å²) < 4.78 is 1.88. The molecule has 0 spiro atoms. The molecule has 3 rings (SSSR count). The van der Waals surface area contributed by atoms with Crippen molar-refractivity contribution in [2.24, 2.45) is 0 Å². The van der Waals surface area contributed by atoms with Gasteiger partial charge in [0.15, 0.2) is 5.78 Å². The topological polar surface area (TPSA) is 76.0 Å². The molecule has 0 bridgehead atoms. The van der Waals surface area contributed by atoms with Crippen LogP contribution in [0.25, 0.3) is 5.69 Å². The molecule has 0 fully saturated rings. The number of anilines is 1. The minimum atomic E-state index is -0.280. The molecule has 0 aliphatic heterocycles. The maximum absolute atomic E-state index is 12.0. The molecule has 144 valence electrons. The second-order valence-corrected chi connectivity index (χ2v) is 6.64. The first-order valence-corrected chi connectivity index (χ1v) is 9.29. The van der Waals surface area contributed by atoms with Crippen LogP contribution in [0.15, 0.2) is 60.8 Å². The van der Waals surface area contributed by atoms with Crippen molar-refractivity contribution in [3.63, 3.8) is 0 Å². The van der Waals surface area contributed by atoms with Crippen LogP contribution in [-0.4, -0.2) is 28.1 Å². The SMILES string of the molecule is CC(=O)c1cccc(NC(=O)NCCCc2cn(-c3ccccc3)nc2C)c1. The van der Waals surface area contributed by atoms with E-state index in [0.717, 1.165) is 24.2 Å². The fourth-order valence-electron chi connectivity index (χ4n) is 2.93. The van der Waals surface area contributed by atoms with Gasteiger partial charge in [-0.2, -0.15) is 5.10 Å². The third kappa shape index (κ3) is 5.07. The number of aryl methyl sites for hydroxylation is 2. The van der Waals surface area contributed by atoms with Gasteiger partial charge in [0.25, 0.3) is 0 Å². The molecule has 0 atom stereocenters. The lowest BCUT2D eigenvalue weighted by atomic mass is 10.1. The van der Waals surface area contributed by atoms with Gasteiger partial charge in [0.05, 0.1) is 11.4 Å². The van der Waals surface area contributed by atoms with Crippen molar-refractivity contribution >= 4 is 17.5 Å². The zero-order valence-electron chi connectivity index (χ0n) is 16.1. The zero-order valence-corrected chi connectivity index (χ0v) is 16.1. The maximum Gasteiger partial charge on any atom is 0.319 e. The number of aromatic nitrogens is 2. The average Bonchev–Trinajstić information content (AvgIpc) is 3.07. The summed E-state index contributed by atoms with van der Waals surface area (Å²) in [6, 6.07) is 16.6. The molecule has 0 aliphatic rings. The number of hydrogen-bond donors (Lipinski definition) is 2. The number of carbonyl (C=O) groups is 2. The van der Waals surface area contributed by atoms with Gasteiger partial charge in [-0.05, 0) is 56.5 Å². The van der Waals surface area contributed by atoms with E-state index in [1.54, 1.807) is 24.3 Å². The van der Waals surface area contributed by atoms with Crippen molar-refractivity contribution in [1.29, 1.82) is 0 Å². The average molecular weight is 376 g/mol. The number of benzene rings is 2. The van der Waals surface area contributed by atoms with E-state index in [9.17, 15) is 9.59 Å². The highest BCUT2D eigenvalue weighted by Gasteiger charge is 2.07. The first kappa shape index (κ1) is 19.4. The minimum absolute atomic E-state index is 0.0320. The molecule has 0 aliphatic carbocycles. The van der Waals surface area contributed by atoms with Crippen LogP contribution in [0, 0.1) is 6.92 Å². The Morgan fingerprint density at radius 3 is 2.61 bits per heavy atom. The van der Waals surface area contributed by atoms with Crippen molar-refractivity contribution in [2.45, 2.75) is 26.7 Å². The number of nitrogens with one attached hydrogen (secondary N) is 2. The number of Topliss-reactive ketones (excluding diaryl/α,β-unsaturated/α-hetero) is 1. The van der Waals surface area contributed by atoms with Gasteiger partial charge in [0.1, 0.15) is 0 Å². The molecule has 2 N–H and O–H groups in total. The second-order valence-electron chi connectivity index (χ2n) is 6.64. The molecule has 28 heavy (non-hydrogen) atoms. The summed E-state index contributed by atoms with van der Waals surface area (Å²) >= 11 is 0. The van der Waals surface area contributed by atoms with Gasteiger partial charge in [0.2, 0.25) is 0 Å². The molecule has 1 aromatic heterocycles. The van der Waals surface area contributed by atoms with Crippen LogP contribution in [0.3, 0.4) is 0 Å². The fourth-order valence-corrected chi connectivity index (χ4v) is 2.93. The summed E-state index contributed by atoms with van der Waals surface area (Å²) in [5.41, 5.74) is 4.37. The van der Waals surface area contributed by atoms with E-state index in [2.05, 4.69) is 15.7 Å². The summed E-state index contributed by atoms with van der Waals surface area (Å²) in [6.45, 7) is 4.05. The van der Waals surface area contributed by atoms with Gasteiger partial charge in [-0.15, -0.1) is 0 Å². The molecule has 0 unspecified atom stereocenters. The number of carbonyl (C=O) groups excluding carboxylic acids is 2. The first-order chi connectivity index (χ1) is 13.5. The van der Waals surface area contributed by atoms with Gasteiger partial charge in [-0.25, -0.2) is 9.48 Å². The van der Waals surface area contributed by atoms with Crippen LogP contribution in [0.1, 0.15) is 35.0 Å². The Balaban J connectivity index is 1.47. The van der Waals surface area contributed by atoms with Crippen LogP contribution in [0.2, 0.25) is 0 Å². The minimum Gasteiger partial charge on any atom is -0.338 e. The molecular weight excluding hydrogens is 352 g/mol. The lowest BCUT2D eigenvalue weighted by Crippen LogP contribution is -2.29. The highest BCUT2D eigenvalue weighted by molar-refractivity contribution is 5.96. The Hall–Kier alpha value is -3.41. The predicted octanol–water partition coefficient (Wildman–Crippen LogP) is 4.14. The Bertz CT molecular complexity index is 964. The zero-order chi connectivity index (χ0) is 19.9. The normalized spacial score (nSPS) is 10.5. The summed E-state index contributed by atoms with van der Waals surface area (Å²) in [4.78, 5) is 23.5. The van der Waals surface area contributed by atoms with Crippen molar-refractivity contribution < 1.29 is 9.59 Å². The molecule has 1 heterocycles. The molecule has 6 nitrogen and oxygen atoms in total. The number of nitrogens with zero attached hydrogens (tertiary/aromatic N) is 2. The van der Waals surface area contributed by atoms with Crippen molar-refractivity contribution in [1.82, 2.24) is 15.1 Å². The van der Waals surface area contributed by atoms with Crippen LogP contribution in [-0.2, 0) is 6.42 Å². The number of rotatable bonds is 7. The fraction of sp³-hybridized carbons (Fsp3) is 0.227. The van der Waals surface area contributed by atoms with Crippen LogP contribution in [0.5, 0.6) is 0 Å².